The minimum absolute atomic E-state index is 0.413. The molecule has 1 N–H and O–H groups in total. The average molecular weight is 204 g/mol. The van der Waals surface area contributed by atoms with Crippen LogP contribution in [0.4, 0.5) is 0 Å². The highest BCUT2D eigenvalue weighted by molar-refractivity contribution is 5.92. The molecule has 0 amide bonds. The lowest BCUT2D eigenvalue weighted by Gasteiger charge is -2.21. The SMILES string of the molecule is CCCC(CC)C1=NNC2C=CC=CC12. The van der Waals surface area contributed by atoms with Crippen molar-refractivity contribution in [3.63, 3.8) is 0 Å². The molecule has 0 aromatic heterocycles. The van der Waals surface area contributed by atoms with E-state index in [4.69, 9.17) is 0 Å². The van der Waals surface area contributed by atoms with Crippen molar-refractivity contribution in [1.29, 1.82) is 0 Å². The molecule has 0 spiro atoms. The molecule has 0 radical (unpaired) electrons. The average Bonchev–Trinajstić information content (AvgIpc) is 2.70. The van der Waals surface area contributed by atoms with Crippen molar-refractivity contribution in [2.45, 2.75) is 39.2 Å². The maximum atomic E-state index is 4.53. The maximum Gasteiger partial charge on any atom is 0.0739 e. The Morgan fingerprint density at radius 3 is 2.87 bits per heavy atom. The topological polar surface area (TPSA) is 24.4 Å². The van der Waals surface area contributed by atoms with Crippen LogP contribution in [0.25, 0.3) is 0 Å². The summed E-state index contributed by atoms with van der Waals surface area (Å²) in [4.78, 5) is 0. The summed E-state index contributed by atoms with van der Waals surface area (Å²) < 4.78 is 0. The Morgan fingerprint density at radius 1 is 1.33 bits per heavy atom. The van der Waals surface area contributed by atoms with Gasteiger partial charge in [0.15, 0.2) is 0 Å². The second-order valence-corrected chi connectivity index (χ2v) is 4.38. The molecule has 0 saturated carbocycles. The number of hydrogen-bond acceptors (Lipinski definition) is 2. The molecule has 1 aliphatic heterocycles. The normalized spacial score (nSPS) is 29.6. The molecular formula is C13H20N2. The van der Waals surface area contributed by atoms with E-state index in [1.54, 1.807) is 0 Å². The summed E-state index contributed by atoms with van der Waals surface area (Å²) in [7, 11) is 0. The Balaban J connectivity index is 2.09. The van der Waals surface area contributed by atoms with E-state index in [1.165, 1.54) is 25.0 Å². The van der Waals surface area contributed by atoms with Gasteiger partial charge in [0.2, 0.25) is 0 Å². The summed E-state index contributed by atoms with van der Waals surface area (Å²) in [6, 6.07) is 0.413. The maximum absolute atomic E-state index is 4.53. The van der Waals surface area contributed by atoms with Gasteiger partial charge >= 0.3 is 0 Å². The van der Waals surface area contributed by atoms with Crippen molar-refractivity contribution in [2.24, 2.45) is 16.9 Å². The van der Waals surface area contributed by atoms with Crippen molar-refractivity contribution in [2.75, 3.05) is 0 Å². The van der Waals surface area contributed by atoms with Crippen LogP contribution in [0, 0.1) is 11.8 Å². The van der Waals surface area contributed by atoms with Crippen molar-refractivity contribution >= 4 is 5.71 Å². The van der Waals surface area contributed by atoms with Gasteiger partial charge in [0, 0.05) is 5.92 Å². The number of fused-ring (bicyclic) bond motifs is 1. The molecule has 2 aliphatic rings. The van der Waals surface area contributed by atoms with E-state index in [2.05, 4.69) is 48.7 Å². The first-order valence-corrected chi connectivity index (χ1v) is 6.04. The fourth-order valence-corrected chi connectivity index (χ4v) is 2.51. The zero-order valence-corrected chi connectivity index (χ0v) is 9.61. The quantitative estimate of drug-likeness (QED) is 0.748. The first kappa shape index (κ1) is 10.5. The standard InChI is InChI=1S/C13H20N2/c1-3-7-10(4-2)13-11-8-5-6-9-12(11)14-15-13/h5-6,8-12,14H,3-4,7H2,1-2H3. The lowest BCUT2D eigenvalue weighted by Crippen LogP contribution is -2.30. The highest BCUT2D eigenvalue weighted by Gasteiger charge is 2.32. The van der Waals surface area contributed by atoms with Gasteiger partial charge in [-0.3, -0.25) is 0 Å². The Labute approximate surface area is 92.1 Å². The molecule has 0 saturated heterocycles. The van der Waals surface area contributed by atoms with E-state index < -0.39 is 0 Å². The smallest absolute Gasteiger partial charge is 0.0739 e. The summed E-state index contributed by atoms with van der Waals surface area (Å²) in [5, 5.41) is 4.53. The van der Waals surface area contributed by atoms with E-state index in [9.17, 15) is 0 Å². The third-order valence-electron chi connectivity index (χ3n) is 3.37. The summed E-state index contributed by atoms with van der Waals surface area (Å²) in [5.41, 5.74) is 4.60. The van der Waals surface area contributed by atoms with Crippen molar-refractivity contribution in [1.82, 2.24) is 5.43 Å². The minimum atomic E-state index is 0.413. The van der Waals surface area contributed by atoms with Crippen molar-refractivity contribution in [3.8, 4) is 0 Å². The van der Waals surface area contributed by atoms with Gasteiger partial charge in [0.05, 0.1) is 11.8 Å². The molecule has 2 nitrogen and oxygen atoms in total. The van der Waals surface area contributed by atoms with Gasteiger partial charge in [0.1, 0.15) is 0 Å². The van der Waals surface area contributed by atoms with Crippen LogP contribution in [0.5, 0.6) is 0 Å². The van der Waals surface area contributed by atoms with E-state index in [-0.39, 0.29) is 0 Å². The molecule has 0 fully saturated rings. The van der Waals surface area contributed by atoms with Crippen LogP contribution in [0.2, 0.25) is 0 Å². The predicted octanol–water partition coefficient (Wildman–Crippen LogP) is 2.88. The molecule has 1 heterocycles. The lowest BCUT2D eigenvalue weighted by atomic mass is 9.82. The Hall–Kier alpha value is -1.05. The van der Waals surface area contributed by atoms with Gasteiger partial charge in [-0.2, -0.15) is 5.10 Å². The van der Waals surface area contributed by atoms with Crippen LogP contribution in [0.1, 0.15) is 33.1 Å². The van der Waals surface area contributed by atoms with Gasteiger partial charge < -0.3 is 5.43 Å². The van der Waals surface area contributed by atoms with E-state index in [0.717, 1.165) is 0 Å². The zero-order valence-electron chi connectivity index (χ0n) is 9.61. The van der Waals surface area contributed by atoms with Crippen LogP contribution in [-0.4, -0.2) is 11.8 Å². The first-order valence-electron chi connectivity index (χ1n) is 6.04. The van der Waals surface area contributed by atoms with E-state index >= 15 is 0 Å². The highest BCUT2D eigenvalue weighted by atomic mass is 15.3. The number of nitrogens with one attached hydrogen (secondary N) is 1. The third-order valence-corrected chi connectivity index (χ3v) is 3.37. The number of hydrogen-bond donors (Lipinski definition) is 1. The molecule has 1 aliphatic carbocycles. The molecule has 0 aromatic rings. The molecule has 3 atom stereocenters. The van der Waals surface area contributed by atoms with Crippen LogP contribution in [0.15, 0.2) is 29.4 Å². The fourth-order valence-electron chi connectivity index (χ4n) is 2.51. The first-order chi connectivity index (χ1) is 7.36. The van der Waals surface area contributed by atoms with E-state index in [1.807, 2.05) is 0 Å². The van der Waals surface area contributed by atoms with Gasteiger partial charge in [-0.25, -0.2) is 0 Å². The third kappa shape index (κ3) is 1.99. The monoisotopic (exact) mass is 204 g/mol. The van der Waals surface area contributed by atoms with Crippen LogP contribution in [-0.2, 0) is 0 Å². The number of allylic oxidation sites excluding steroid dienone is 2. The second kappa shape index (κ2) is 4.65. The van der Waals surface area contributed by atoms with Gasteiger partial charge in [0.25, 0.3) is 0 Å². The van der Waals surface area contributed by atoms with Crippen LogP contribution < -0.4 is 5.43 Å². The molecule has 2 heteroatoms. The summed E-state index contributed by atoms with van der Waals surface area (Å²) >= 11 is 0. The predicted molar refractivity (Wildman–Crippen MR) is 64.8 cm³/mol. The molecule has 2 rings (SSSR count). The van der Waals surface area contributed by atoms with Crippen molar-refractivity contribution < 1.29 is 0 Å². The van der Waals surface area contributed by atoms with Crippen LogP contribution in [0.3, 0.4) is 0 Å². The Kier molecular flexibility index (Phi) is 3.24. The largest absolute Gasteiger partial charge is 0.302 e. The number of nitrogens with zero attached hydrogens (tertiary/aromatic N) is 1. The lowest BCUT2D eigenvalue weighted by molar-refractivity contribution is 0.567. The molecule has 0 aromatic carbocycles. The minimum Gasteiger partial charge on any atom is -0.302 e. The fraction of sp³-hybridized carbons (Fsp3) is 0.615. The summed E-state index contributed by atoms with van der Waals surface area (Å²) in [6.45, 7) is 4.51. The molecule has 0 bridgehead atoms. The van der Waals surface area contributed by atoms with Crippen LogP contribution >= 0.6 is 0 Å². The van der Waals surface area contributed by atoms with Crippen molar-refractivity contribution in [3.05, 3.63) is 24.3 Å². The Bertz CT molecular complexity index is 302. The highest BCUT2D eigenvalue weighted by Crippen LogP contribution is 2.27. The molecule has 3 unspecified atom stereocenters. The van der Waals surface area contributed by atoms with Gasteiger partial charge in [-0.05, 0) is 18.8 Å². The number of hydrazone groups is 1. The molecule has 15 heavy (non-hydrogen) atoms. The summed E-state index contributed by atoms with van der Waals surface area (Å²) in [5.74, 6) is 1.17. The second-order valence-electron chi connectivity index (χ2n) is 4.38. The Morgan fingerprint density at radius 2 is 2.13 bits per heavy atom. The number of rotatable bonds is 4. The zero-order chi connectivity index (χ0) is 10.7. The van der Waals surface area contributed by atoms with Gasteiger partial charge in [-0.1, -0.05) is 44.6 Å². The molecular weight excluding hydrogens is 184 g/mol. The van der Waals surface area contributed by atoms with E-state index in [0.29, 0.717) is 17.9 Å². The van der Waals surface area contributed by atoms with Gasteiger partial charge in [-0.15, -0.1) is 0 Å². The summed E-state index contributed by atoms with van der Waals surface area (Å²) in [6.07, 6.45) is 12.4. The molecule has 82 valence electrons.